The van der Waals surface area contributed by atoms with Crippen molar-refractivity contribution >= 4 is 22.2 Å². The topological polar surface area (TPSA) is 77.3 Å². The SMILES string of the molecule is Cc1ccc([C@H](C)n2cc(-c3ccc4ccnn4c3)c3c(N4CCC(N)CC4)c(-c4cc(F)cc(F)c4)cnc32)nc1. The van der Waals surface area contributed by atoms with Crippen LogP contribution in [0.2, 0.25) is 0 Å². The van der Waals surface area contributed by atoms with Crippen LogP contribution in [-0.4, -0.2) is 43.3 Å². The number of aromatic nitrogens is 5. The van der Waals surface area contributed by atoms with Crippen LogP contribution in [0.15, 0.2) is 79.5 Å². The van der Waals surface area contributed by atoms with E-state index in [-0.39, 0.29) is 12.1 Å². The van der Waals surface area contributed by atoms with Crippen LogP contribution >= 0.6 is 0 Å². The van der Waals surface area contributed by atoms with Crippen LogP contribution in [0.5, 0.6) is 0 Å². The molecule has 0 unspecified atom stereocenters. The predicted molar refractivity (Wildman–Crippen MR) is 161 cm³/mol. The fraction of sp³-hybridized carbons (Fsp3) is 0.242. The maximum atomic E-state index is 14.5. The minimum absolute atomic E-state index is 0.118. The summed E-state index contributed by atoms with van der Waals surface area (Å²) < 4.78 is 33.1. The fourth-order valence-electron chi connectivity index (χ4n) is 6.03. The number of pyridine rings is 3. The van der Waals surface area contributed by atoms with Crippen molar-refractivity contribution in [2.75, 3.05) is 18.0 Å². The van der Waals surface area contributed by atoms with Crippen molar-refractivity contribution in [3.63, 3.8) is 0 Å². The first-order chi connectivity index (χ1) is 20.4. The highest BCUT2D eigenvalue weighted by molar-refractivity contribution is 6.08. The van der Waals surface area contributed by atoms with Gasteiger partial charge in [-0.3, -0.25) is 4.98 Å². The summed E-state index contributed by atoms with van der Waals surface area (Å²) in [6.07, 6.45) is 11.1. The Morgan fingerprint density at radius 2 is 1.67 bits per heavy atom. The van der Waals surface area contributed by atoms with Crippen molar-refractivity contribution in [2.24, 2.45) is 5.73 Å². The summed E-state index contributed by atoms with van der Waals surface area (Å²) in [5.41, 5.74) is 14.0. The highest BCUT2D eigenvalue weighted by atomic mass is 19.1. The zero-order chi connectivity index (χ0) is 29.0. The van der Waals surface area contributed by atoms with Crippen molar-refractivity contribution in [3.8, 4) is 22.3 Å². The normalized spacial score (nSPS) is 15.1. The van der Waals surface area contributed by atoms with E-state index in [9.17, 15) is 8.78 Å². The summed E-state index contributed by atoms with van der Waals surface area (Å²) in [5, 5.41) is 5.38. The Balaban J connectivity index is 1.54. The van der Waals surface area contributed by atoms with E-state index in [1.165, 1.54) is 12.1 Å². The molecule has 0 amide bonds. The molecule has 9 heteroatoms. The molecule has 1 aliphatic heterocycles. The first-order valence-corrected chi connectivity index (χ1v) is 14.2. The van der Waals surface area contributed by atoms with Crippen molar-refractivity contribution in [3.05, 3.63) is 102 Å². The molecular weight excluding hydrogens is 532 g/mol. The summed E-state index contributed by atoms with van der Waals surface area (Å²) in [4.78, 5) is 12.0. The molecule has 0 radical (unpaired) electrons. The van der Waals surface area contributed by atoms with Gasteiger partial charge in [-0.2, -0.15) is 5.10 Å². The van der Waals surface area contributed by atoms with E-state index in [2.05, 4.69) is 39.8 Å². The molecule has 6 heterocycles. The summed E-state index contributed by atoms with van der Waals surface area (Å²) in [7, 11) is 0. The number of piperidine rings is 1. The number of rotatable bonds is 5. The number of benzene rings is 1. The van der Waals surface area contributed by atoms with E-state index in [0.717, 1.165) is 76.6 Å². The Morgan fingerprint density at radius 3 is 2.40 bits per heavy atom. The Kier molecular flexibility index (Phi) is 6.46. The van der Waals surface area contributed by atoms with Crippen LogP contribution in [0.25, 0.3) is 38.8 Å². The fourth-order valence-corrected chi connectivity index (χ4v) is 6.03. The highest BCUT2D eigenvalue weighted by Crippen LogP contribution is 2.44. The summed E-state index contributed by atoms with van der Waals surface area (Å²) in [5.74, 6) is -1.25. The third-order valence-corrected chi connectivity index (χ3v) is 8.33. The summed E-state index contributed by atoms with van der Waals surface area (Å²) in [6, 6.07) is 13.8. The van der Waals surface area contributed by atoms with Crippen LogP contribution in [0, 0.1) is 18.6 Å². The van der Waals surface area contributed by atoms with Crippen LogP contribution in [0.1, 0.15) is 37.1 Å². The number of hydrogen-bond acceptors (Lipinski definition) is 5. The quantitative estimate of drug-likeness (QED) is 0.258. The zero-order valence-electron chi connectivity index (χ0n) is 23.5. The van der Waals surface area contributed by atoms with E-state index in [4.69, 9.17) is 15.7 Å². The predicted octanol–water partition coefficient (Wildman–Crippen LogP) is 6.54. The largest absolute Gasteiger partial charge is 0.370 e. The molecule has 1 fully saturated rings. The van der Waals surface area contributed by atoms with Gasteiger partial charge >= 0.3 is 0 Å². The van der Waals surface area contributed by atoms with Gasteiger partial charge in [0.25, 0.3) is 0 Å². The second-order valence-electron chi connectivity index (χ2n) is 11.2. The van der Waals surface area contributed by atoms with E-state index < -0.39 is 11.6 Å². The van der Waals surface area contributed by atoms with Crippen LogP contribution in [-0.2, 0) is 0 Å². The third-order valence-electron chi connectivity index (χ3n) is 8.33. The number of aryl methyl sites for hydroxylation is 1. The first kappa shape index (κ1) is 26.3. The Morgan fingerprint density at radius 1 is 0.881 bits per heavy atom. The second-order valence-corrected chi connectivity index (χ2v) is 11.2. The Labute approximate surface area is 242 Å². The molecule has 1 aromatic carbocycles. The Bertz CT molecular complexity index is 1900. The monoisotopic (exact) mass is 563 g/mol. The van der Waals surface area contributed by atoms with Crippen molar-refractivity contribution in [2.45, 2.75) is 38.8 Å². The summed E-state index contributed by atoms with van der Waals surface area (Å²) >= 11 is 0. The molecular formula is C33H31F2N7. The van der Waals surface area contributed by atoms with Gasteiger partial charge < -0.3 is 15.2 Å². The lowest BCUT2D eigenvalue weighted by Crippen LogP contribution is -2.40. The van der Waals surface area contributed by atoms with Gasteiger partial charge in [0.05, 0.1) is 28.3 Å². The molecule has 1 saturated heterocycles. The molecule has 7 nitrogen and oxygen atoms in total. The van der Waals surface area contributed by atoms with Gasteiger partial charge in [-0.05, 0) is 68.1 Å². The van der Waals surface area contributed by atoms with Crippen LogP contribution in [0.3, 0.4) is 0 Å². The van der Waals surface area contributed by atoms with E-state index in [0.29, 0.717) is 11.1 Å². The number of nitrogens with zero attached hydrogens (tertiary/aromatic N) is 6. The molecule has 5 aromatic heterocycles. The third kappa shape index (κ3) is 4.59. The lowest BCUT2D eigenvalue weighted by Gasteiger charge is -2.34. The van der Waals surface area contributed by atoms with Crippen molar-refractivity contribution < 1.29 is 8.78 Å². The number of anilines is 1. The molecule has 1 atom stereocenters. The van der Waals surface area contributed by atoms with Gasteiger partial charge in [-0.25, -0.2) is 18.3 Å². The number of hydrogen-bond donors (Lipinski definition) is 1. The van der Waals surface area contributed by atoms with E-state index in [1.807, 2.05) is 42.0 Å². The van der Waals surface area contributed by atoms with Gasteiger partial charge in [0.1, 0.15) is 17.3 Å². The first-order valence-electron chi connectivity index (χ1n) is 14.2. The molecule has 0 spiro atoms. The van der Waals surface area contributed by atoms with Gasteiger partial charge in [0, 0.05) is 72.9 Å². The number of fused-ring (bicyclic) bond motifs is 2. The smallest absolute Gasteiger partial charge is 0.143 e. The molecule has 0 bridgehead atoms. The highest BCUT2D eigenvalue weighted by Gasteiger charge is 2.28. The molecule has 212 valence electrons. The second kappa shape index (κ2) is 10.3. The van der Waals surface area contributed by atoms with Gasteiger partial charge in [0.2, 0.25) is 0 Å². The van der Waals surface area contributed by atoms with E-state index >= 15 is 0 Å². The average Bonchev–Trinajstić information content (AvgIpc) is 3.61. The molecule has 42 heavy (non-hydrogen) atoms. The molecule has 0 saturated carbocycles. The standard InChI is InChI=1S/C33H31F2N7/c1-20-3-6-30(37-16-20)21(2)41-19-29(22-4-5-27-7-10-39-42(27)18-22)31-32(40-11-8-26(36)9-12-40)28(17-38-33(31)41)23-13-24(34)15-25(35)14-23/h3-7,10,13-19,21,26H,8-9,11-12,36H2,1-2H3/t21-/m0/s1. The molecule has 2 N–H and O–H groups in total. The zero-order valence-corrected chi connectivity index (χ0v) is 23.5. The maximum absolute atomic E-state index is 14.5. The maximum Gasteiger partial charge on any atom is 0.143 e. The van der Waals surface area contributed by atoms with Crippen molar-refractivity contribution in [1.29, 1.82) is 0 Å². The van der Waals surface area contributed by atoms with Crippen LogP contribution < -0.4 is 10.6 Å². The van der Waals surface area contributed by atoms with Crippen LogP contribution in [0.4, 0.5) is 14.5 Å². The Hall–Kier alpha value is -4.63. The molecule has 7 rings (SSSR count). The lowest BCUT2D eigenvalue weighted by molar-refractivity contribution is 0.502. The lowest BCUT2D eigenvalue weighted by atomic mass is 9.97. The van der Waals surface area contributed by atoms with Gasteiger partial charge in [-0.1, -0.05) is 12.1 Å². The van der Waals surface area contributed by atoms with Crippen molar-refractivity contribution in [1.82, 2.24) is 24.1 Å². The molecule has 6 aromatic rings. The number of nitrogens with two attached hydrogens (primary N) is 1. The van der Waals surface area contributed by atoms with E-state index in [1.54, 1.807) is 12.4 Å². The van der Waals surface area contributed by atoms with Gasteiger partial charge in [0.15, 0.2) is 0 Å². The number of halogens is 2. The van der Waals surface area contributed by atoms with Gasteiger partial charge in [-0.15, -0.1) is 0 Å². The summed E-state index contributed by atoms with van der Waals surface area (Å²) in [6.45, 7) is 5.58. The molecule has 1 aliphatic rings. The average molecular weight is 564 g/mol. The minimum Gasteiger partial charge on any atom is -0.370 e. The molecule has 0 aliphatic carbocycles. The minimum atomic E-state index is -0.627.